The number of carboxylic acid groups (broad SMARTS) is 1. The molecule has 1 aliphatic carbocycles. The molecule has 5 nitrogen and oxygen atoms in total. The van der Waals surface area contributed by atoms with E-state index in [1.807, 2.05) is 0 Å². The first kappa shape index (κ1) is 13.6. The zero-order valence-electron chi connectivity index (χ0n) is 11.0. The van der Waals surface area contributed by atoms with E-state index in [-0.39, 0.29) is 11.9 Å². The van der Waals surface area contributed by atoms with Crippen LogP contribution in [0.4, 0.5) is 0 Å². The molecule has 0 aromatic carbocycles. The van der Waals surface area contributed by atoms with E-state index in [2.05, 4.69) is 5.32 Å². The van der Waals surface area contributed by atoms with Gasteiger partial charge >= 0.3 is 5.97 Å². The number of nitrogens with one attached hydrogen (secondary N) is 1. The van der Waals surface area contributed by atoms with Crippen molar-refractivity contribution in [2.75, 3.05) is 0 Å². The first-order valence-corrected chi connectivity index (χ1v) is 6.66. The summed E-state index contributed by atoms with van der Waals surface area (Å²) in [5.74, 6) is -0.897. The third-order valence-electron chi connectivity index (χ3n) is 3.64. The molecule has 0 unspecified atom stereocenters. The topological polar surface area (TPSA) is 79.5 Å². The Morgan fingerprint density at radius 1 is 1.32 bits per heavy atom. The van der Waals surface area contributed by atoms with Crippen molar-refractivity contribution in [3.63, 3.8) is 0 Å². The summed E-state index contributed by atoms with van der Waals surface area (Å²) in [5.41, 5.74) is 0.450. The Hall–Kier alpha value is -1.78. The van der Waals surface area contributed by atoms with Gasteiger partial charge in [-0.3, -0.25) is 9.59 Å². The molecule has 0 bridgehead atoms. The molecule has 2 rings (SSSR count). The maximum Gasteiger partial charge on any atom is 0.308 e. The van der Waals surface area contributed by atoms with Gasteiger partial charge in [0.25, 0.3) is 5.91 Å². The van der Waals surface area contributed by atoms with E-state index in [1.54, 1.807) is 13.0 Å². The first-order chi connectivity index (χ1) is 9.08. The van der Waals surface area contributed by atoms with Crippen LogP contribution in [-0.2, 0) is 4.79 Å². The van der Waals surface area contributed by atoms with Gasteiger partial charge in [-0.15, -0.1) is 0 Å². The summed E-state index contributed by atoms with van der Waals surface area (Å²) in [6, 6.07) is 1.37. The lowest BCUT2D eigenvalue weighted by molar-refractivity contribution is -0.142. The molecule has 5 heteroatoms. The van der Waals surface area contributed by atoms with E-state index >= 15 is 0 Å². The second-order valence-electron chi connectivity index (χ2n) is 5.11. The van der Waals surface area contributed by atoms with Gasteiger partial charge in [-0.2, -0.15) is 0 Å². The van der Waals surface area contributed by atoms with Gasteiger partial charge in [-0.1, -0.05) is 19.3 Å². The maximum absolute atomic E-state index is 12.0. The van der Waals surface area contributed by atoms with Crippen LogP contribution in [0.25, 0.3) is 0 Å². The Morgan fingerprint density at radius 2 is 2.05 bits per heavy atom. The molecule has 2 N–H and O–H groups in total. The first-order valence-electron chi connectivity index (χ1n) is 6.66. The van der Waals surface area contributed by atoms with E-state index < -0.39 is 11.9 Å². The fraction of sp³-hybridized carbons (Fsp3) is 0.571. The summed E-state index contributed by atoms with van der Waals surface area (Å²) in [7, 11) is 0. The minimum absolute atomic E-state index is 0.255. The standard InChI is InChI=1S/C14H19NO4/c1-9-7-10(8-19-9)13(16)15-12-6-4-2-3-5-11(12)14(17)18/h7-8,11-12H,2-6H2,1H3,(H,15,16)(H,17,18)/t11-,12+/m1/s1. The Kier molecular flexibility index (Phi) is 4.24. The van der Waals surface area contributed by atoms with Crippen LogP contribution in [0.2, 0.25) is 0 Å². The molecule has 1 aromatic rings. The van der Waals surface area contributed by atoms with Crippen molar-refractivity contribution < 1.29 is 19.1 Å². The second-order valence-corrected chi connectivity index (χ2v) is 5.11. The Morgan fingerprint density at radius 3 is 2.68 bits per heavy atom. The molecule has 0 spiro atoms. The van der Waals surface area contributed by atoms with Crippen LogP contribution in [-0.4, -0.2) is 23.0 Å². The lowest BCUT2D eigenvalue weighted by Crippen LogP contribution is -2.42. The highest BCUT2D eigenvalue weighted by Gasteiger charge is 2.30. The molecular formula is C14H19NO4. The number of hydrogen-bond donors (Lipinski definition) is 2. The molecule has 2 atom stereocenters. The van der Waals surface area contributed by atoms with Crippen LogP contribution in [0.3, 0.4) is 0 Å². The minimum Gasteiger partial charge on any atom is -0.481 e. The molecule has 19 heavy (non-hydrogen) atoms. The van der Waals surface area contributed by atoms with E-state index in [0.29, 0.717) is 17.7 Å². The lowest BCUT2D eigenvalue weighted by Gasteiger charge is -2.22. The largest absolute Gasteiger partial charge is 0.481 e. The molecule has 104 valence electrons. The number of carboxylic acids is 1. The lowest BCUT2D eigenvalue weighted by atomic mass is 9.94. The summed E-state index contributed by atoms with van der Waals surface area (Å²) in [5, 5.41) is 12.1. The zero-order valence-corrected chi connectivity index (χ0v) is 11.0. The summed E-state index contributed by atoms with van der Waals surface area (Å²) in [6.07, 6.45) is 5.65. The number of aliphatic carboxylic acids is 1. The molecule has 1 aliphatic rings. The maximum atomic E-state index is 12.0. The fourth-order valence-corrected chi connectivity index (χ4v) is 2.59. The van der Waals surface area contributed by atoms with Crippen LogP contribution in [0.15, 0.2) is 16.7 Å². The van der Waals surface area contributed by atoms with Crippen molar-refractivity contribution in [3.8, 4) is 0 Å². The number of carbonyl (C=O) groups excluding carboxylic acids is 1. The molecule has 0 aliphatic heterocycles. The normalized spacial score (nSPS) is 23.6. The highest BCUT2D eigenvalue weighted by molar-refractivity contribution is 5.94. The number of furan rings is 1. The molecular weight excluding hydrogens is 246 g/mol. The van der Waals surface area contributed by atoms with Crippen molar-refractivity contribution >= 4 is 11.9 Å². The van der Waals surface area contributed by atoms with Gasteiger partial charge in [0.05, 0.1) is 11.5 Å². The number of rotatable bonds is 3. The van der Waals surface area contributed by atoms with Crippen LogP contribution < -0.4 is 5.32 Å². The average molecular weight is 265 g/mol. The Balaban J connectivity index is 2.06. The third kappa shape index (κ3) is 3.36. The summed E-state index contributed by atoms with van der Waals surface area (Å²) in [4.78, 5) is 23.3. The van der Waals surface area contributed by atoms with Crippen molar-refractivity contribution in [3.05, 3.63) is 23.7 Å². The number of carbonyl (C=O) groups is 2. The van der Waals surface area contributed by atoms with Gasteiger partial charge in [0.2, 0.25) is 0 Å². The van der Waals surface area contributed by atoms with Crippen molar-refractivity contribution in [2.24, 2.45) is 5.92 Å². The predicted molar refractivity (Wildman–Crippen MR) is 68.9 cm³/mol. The summed E-state index contributed by atoms with van der Waals surface area (Å²) >= 11 is 0. The average Bonchev–Trinajstić information content (AvgIpc) is 2.65. The highest BCUT2D eigenvalue weighted by atomic mass is 16.4. The monoisotopic (exact) mass is 265 g/mol. The number of hydrogen-bond acceptors (Lipinski definition) is 3. The van der Waals surface area contributed by atoms with Crippen LogP contribution in [0.5, 0.6) is 0 Å². The molecule has 0 radical (unpaired) electrons. The summed E-state index contributed by atoms with van der Waals surface area (Å²) < 4.78 is 5.10. The smallest absolute Gasteiger partial charge is 0.308 e. The van der Waals surface area contributed by atoms with Crippen LogP contribution >= 0.6 is 0 Å². The van der Waals surface area contributed by atoms with Crippen molar-refractivity contribution in [1.29, 1.82) is 0 Å². The Labute approximate surface area is 112 Å². The quantitative estimate of drug-likeness (QED) is 0.822. The van der Waals surface area contributed by atoms with Gasteiger partial charge in [0, 0.05) is 6.04 Å². The second kappa shape index (κ2) is 5.91. The summed E-state index contributed by atoms with van der Waals surface area (Å²) in [6.45, 7) is 1.77. The van der Waals surface area contributed by atoms with Crippen LogP contribution in [0, 0.1) is 12.8 Å². The van der Waals surface area contributed by atoms with Gasteiger partial charge in [0.1, 0.15) is 12.0 Å². The number of aryl methyl sites for hydroxylation is 1. The molecule has 1 aromatic heterocycles. The van der Waals surface area contributed by atoms with Crippen molar-refractivity contribution in [2.45, 2.75) is 45.1 Å². The molecule has 1 fully saturated rings. The third-order valence-corrected chi connectivity index (χ3v) is 3.64. The van der Waals surface area contributed by atoms with Gasteiger partial charge in [-0.05, 0) is 25.8 Å². The van der Waals surface area contributed by atoms with E-state index in [9.17, 15) is 14.7 Å². The van der Waals surface area contributed by atoms with E-state index in [0.717, 1.165) is 25.7 Å². The Bertz CT molecular complexity index is 466. The van der Waals surface area contributed by atoms with Gasteiger partial charge in [0.15, 0.2) is 0 Å². The predicted octanol–water partition coefficient (Wildman–Crippen LogP) is 2.35. The van der Waals surface area contributed by atoms with Crippen molar-refractivity contribution in [1.82, 2.24) is 5.32 Å². The zero-order chi connectivity index (χ0) is 13.8. The number of amides is 1. The minimum atomic E-state index is -0.824. The SMILES string of the molecule is Cc1cc(C(=O)N[C@H]2CCCCC[C@H]2C(=O)O)co1. The molecule has 0 saturated heterocycles. The van der Waals surface area contributed by atoms with Crippen LogP contribution in [0.1, 0.15) is 48.2 Å². The fourth-order valence-electron chi connectivity index (χ4n) is 2.59. The van der Waals surface area contributed by atoms with E-state index in [4.69, 9.17) is 4.42 Å². The molecule has 1 heterocycles. The highest BCUT2D eigenvalue weighted by Crippen LogP contribution is 2.24. The van der Waals surface area contributed by atoms with E-state index in [1.165, 1.54) is 6.26 Å². The van der Waals surface area contributed by atoms with Gasteiger partial charge in [-0.25, -0.2) is 0 Å². The van der Waals surface area contributed by atoms with Gasteiger partial charge < -0.3 is 14.8 Å². The molecule has 1 amide bonds. The molecule has 1 saturated carbocycles.